The summed E-state index contributed by atoms with van der Waals surface area (Å²) in [5, 5.41) is 0. The second-order valence-corrected chi connectivity index (χ2v) is 7.21. The fourth-order valence-electron chi connectivity index (χ4n) is 3.91. The van der Waals surface area contributed by atoms with E-state index in [0.29, 0.717) is 39.0 Å². The molecule has 1 saturated heterocycles. The van der Waals surface area contributed by atoms with Crippen molar-refractivity contribution >= 4 is 11.8 Å². The number of hydrogen-bond acceptors (Lipinski definition) is 2. The summed E-state index contributed by atoms with van der Waals surface area (Å²) in [7, 11) is 0. The Labute approximate surface area is 161 Å². The maximum Gasteiger partial charge on any atom is 0.238 e. The van der Waals surface area contributed by atoms with E-state index in [-0.39, 0.29) is 11.8 Å². The molecule has 4 heteroatoms. The van der Waals surface area contributed by atoms with Gasteiger partial charge >= 0.3 is 0 Å². The third-order valence-electron chi connectivity index (χ3n) is 5.67. The molecule has 1 heterocycles. The second-order valence-electron chi connectivity index (χ2n) is 7.21. The minimum atomic E-state index is -0.958. The molecule has 1 aliphatic rings. The first kappa shape index (κ1) is 19.2. The van der Waals surface area contributed by atoms with Crippen LogP contribution in [0.2, 0.25) is 0 Å². The highest BCUT2D eigenvalue weighted by Gasteiger charge is 2.49. The van der Waals surface area contributed by atoms with Gasteiger partial charge in [0.2, 0.25) is 11.8 Å². The standard InChI is InChI=1S/C23H28N2O2/c1-3-23(4-2)21(26)24(17-19-11-7-5-8-12-19)15-16-25(22(23)27)18-20-13-9-6-10-14-20/h5-14H,3-4,15-18H2,1-2H3. The van der Waals surface area contributed by atoms with Crippen molar-refractivity contribution < 1.29 is 9.59 Å². The molecule has 2 aromatic carbocycles. The van der Waals surface area contributed by atoms with E-state index < -0.39 is 5.41 Å². The van der Waals surface area contributed by atoms with Crippen molar-refractivity contribution in [1.29, 1.82) is 0 Å². The maximum absolute atomic E-state index is 13.4. The smallest absolute Gasteiger partial charge is 0.238 e. The first-order valence-corrected chi connectivity index (χ1v) is 9.77. The Morgan fingerprint density at radius 1 is 0.704 bits per heavy atom. The van der Waals surface area contributed by atoms with Crippen molar-refractivity contribution in [2.75, 3.05) is 13.1 Å². The fourth-order valence-corrected chi connectivity index (χ4v) is 3.91. The molecule has 0 unspecified atom stereocenters. The van der Waals surface area contributed by atoms with Crippen molar-refractivity contribution in [1.82, 2.24) is 9.80 Å². The number of carbonyl (C=O) groups is 2. The molecule has 0 atom stereocenters. The van der Waals surface area contributed by atoms with E-state index in [1.165, 1.54) is 0 Å². The van der Waals surface area contributed by atoms with Crippen LogP contribution in [0.25, 0.3) is 0 Å². The highest BCUT2D eigenvalue weighted by Crippen LogP contribution is 2.34. The van der Waals surface area contributed by atoms with Gasteiger partial charge in [-0.1, -0.05) is 74.5 Å². The number of rotatable bonds is 6. The lowest BCUT2D eigenvalue weighted by atomic mass is 9.79. The highest BCUT2D eigenvalue weighted by molar-refractivity contribution is 6.05. The lowest BCUT2D eigenvalue weighted by molar-refractivity contribution is -0.154. The van der Waals surface area contributed by atoms with Crippen molar-refractivity contribution in [3.63, 3.8) is 0 Å². The van der Waals surface area contributed by atoms with Gasteiger partial charge in [0.1, 0.15) is 5.41 Å². The summed E-state index contributed by atoms with van der Waals surface area (Å²) in [4.78, 5) is 30.6. The van der Waals surface area contributed by atoms with Gasteiger partial charge < -0.3 is 9.80 Å². The molecule has 3 rings (SSSR count). The molecule has 0 aliphatic carbocycles. The summed E-state index contributed by atoms with van der Waals surface area (Å²) in [5.74, 6) is -0.0613. The van der Waals surface area contributed by atoms with Crippen molar-refractivity contribution in [2.24, 2.45) is 5.41 Å². The predicted molar refractivity (Wildman–Crippen MR) is 107 cm³/mol. The van der Waals surface area contributed by atoms with Crippen molar-refractivity contribution in [3.05, 3.63) is 71.8 Å². The van der Waals surface area contributed by atoms with Crippen LogP contribution in [0, 0.1) is 5.41 Å². The van der Waals surface area contributed by atoms with E-state index in [4.69, 9.17) is 0 Å². The summed E-state index contributed by atoms with van der Waals surface area (Å²) in [6, 6.07) is 20.0. The molecule has 0 bridgehead atoms. The van der Waals surface area contributed by atoms with Gasteiger partial charge in [-0.25, -0.2) is 0 Å². The van der Waals surface area contributed by atoms with Crippen LogP contribution in [-0.4, -0.2) is 34.7 Å². The summed E-state index contributed by atoms with van der Waals surface area (Å²) in [6.45, 7) is 6.13. The number of carbonyl (C=O) groups excluding carboxylic acids is 2. The highest BCUT2D eigenvalue weighted by atomic mass is 16.2. The van der Waals surface area contributed by atoms with E-state index in [1.807, 2.05) is 84.3 Å². The number of amides is 2. The van der Waals surface area contributed by atoms with Gasteiger partial charge in [0.15, 0.2) is 0 Å². The second kappa shape index (κ2) is 8.38. The number of hydrogen-bond donors (Lipinski definition) is 0. The van der Waals surface area contributed by atoms with Crippen LogP contribution >= 0.6 is 0 Å². The summed E-state index contributed by atoms with van der Waals surface area (Å²) >= 11 is 0. The normalized spacial score (nSPS) is 17.1. The van der Waals surface area contributed by atoms with Gasteiger partial charge in [0, 0.05) is 26.2 Å². The molecule has 0 saturated carbocycles. The Balaban J connectivity index is 1.89. The minimum absolute atomic E-state index is 0.0306. The lowest BCUT2D eigenvalue weighted by Gasteiger charge is -2.33. The van der Waals surface area contributed by atoms with E-state index in [2.05, 4.69) is 0 Å². The maximum atomic E-state index is 13.4. The van der Waals surface area contributed by atoms with Crippen LogP contribution in [0.4, 0.5) is 0 Å². The van der Waals surface area contributed by atoms with Crippen LogP contribution < -0.4 is 0 Å². The summed E-state index contributed by atoms with van der Waals surface area (Å²) in [5.41, 5.74) is 1.23. The SMILES string of the molecule is CCC1(CC)C(=O)N(Cc2ccccc2)CCN(Cc2ccccc2)C1=O. The van der Waals surface area contributed by atoms with Gasteiger partial charge in [-0.15, -0.1) is 0 Å². The molecule has 0 N–H and O–H groups in total. The van der Waals surface area contributed by atoms with Gasteiger partial charge in [-0.3, -0.25) is 9.59 Å². The number of nitrogens with zero attached hydrogens (tertiary/aromatic N) is 2. The molecule has 1 aliphatic heterocycles. The van der Waals surface area contributed by atoms with Crippen LogP contribution in [0.3, 0.4) is 0 Å². The Hall–Kier alpha value is -2.62. The first-order chi connectivity index (χ1) is 13.1. The van der Waals surface area contributed by atoms with Crippen LogP contribution in [0.5, 0.6) is 0 Å². The van der Waals surface area contributed by atoms with E-state index in [9.17, 15) is 9.59 Å². The third-order valence-corrected chi connectivity index (χ3v) is 5.67. The molecule has 0 radical (unpaired) electrons. The molecule has 0 aromatic heterocycles. The summed E-state index contributed by atoms with van der Waals surface area (Å²) < 4.78 is 0. The minimum Gasteiger partial charge on any atom is -0.336 e. The largest absolute Gasteiger partial charge is 0.336 e. The Morgan fingerprint density at radius 2 is 1.07 bits per heavy atom. The Kier molecular flexibility index (Phi) is 5.94. The number of benzene rings is 2. The third kappa shape index (κ3) is 3.90. The fraction of sp³-hybridized carbons (Fsp3) is 0.391. The molecule has 0 spiro atoms. The van der Waals surface area contributed by atoms with Crippen LogP contribution in [-0.2, 0) is 22.7 Å². The lowest BCUT2D eigenvalue weighted by Crippen LogP contribution is -2.48. The predicted octanol–water partition coefficient (Wildman–Crippen LogP) is 3.86. The monoisotopic (exact) mass is 364 g/mol. The molecule has 2 aromatic rings. The zero-order chi connectivity index (χ0) is 19.3. The topological polar surface area (TPSA) is 40.6 Å². The molecule has 1 fully saturated rings. The molecule has 142 valence electrons. The Bertz CT molecular complexity index is 706. The average molecular weight is 364 g/mol. The van der Waals surface area contributed by atoms with Gasteiger partial charge in [-0.2, -0.15) is 0 Å². The average Bonchev–Trinajstić information content (AvgIpc) is 2.80. The summed E-state index contributed by atoms with van der Waals surface area (Å²) in [6.07, 6.45) is 1.05. The van der Waals surface area contributed by atoms with Crippen LogP contribution in [0.15, 0.2) is 60.7 Å². The molecule has 27 heavy (non-hydrogen) atoms. The molecule has 2 amide bonds. The molecular weight excluding hydrogens is 336 g/mol. The molecule has 4 nitrogen and oxygen atoms in total. The molecular formula is C23H28N2O2. The van der Waals surface area contributed by atoms with Crippen LogP contribution in [0.1, 0.15) is 37.8 Å². The van der Waals surface area contributed by atoms with Gasteiger partial charge in [0.05, 0.1) is 0 Å². The zero-order valence-electron chi connectivity index (χ0n) is 16.2. The van der Waals surface area contributed by atoms with E-state index in [1.54, 1.807) is 0 Å². The van der Waals surface area contributed by atoms with E-state index >= 15 is 0 Å². The Morgan fingerprint density at radius 3 is 1.41 bits per heavy atom. The van der Waals surface area contributed by atoms with Crippen molar-refractivity contribution in [2.45, 2.75) is 39.8 Å². The van der Waals surface area contributed by atoms with Crippen molar-refractivity contribution in [3.8, 4) is 0 Å². The van der Waals surface area contributed by atoms with E-state index in [0.717, 1.165) is 11.1 Å². The zero-order valence-corrected chi connectivity index (χ0v) is 16.2. The quantitative estimate of drug-likeness (QED) is 0.730. The van der Waals surface area contributed by atoms with Gasteiger partial charge in [-0.05, 0) is 24.0 Å². The first-order valence-electron chi connectivity index (χ1n) is 9.77. The van der Waals surface area contributed by atoms with Gasteiger partial charge in [0.25, 0.3) is 0 Å².